The van der Waals surface area contributed by atoms with Crippen molar-refractivity contribution in [3.63, 3.8) is 0 Å². The van der Waals surface area contributed by atoms with Crippen molar-refractivity contribution >= 4 is 27.3 Å². The summed E-state index contributed by atoms with van der Waals surface area (Å²) in [4.78, 5) is 0.431. The van der Waals surface area contributed by atoms with Crippen LogP contribution in [0, 0.1) is 0 Å². The summed E-state index contributed by atoms with van der Waals surface area (Å²) < 4.78 is 24.0. The second kappa shape index (κ2) is 7.54. The summed E-state index contributed by atoms with van der Waals surface area (Å²) in [5.74, 6) is 1.37. The lowest BCUT2D eigenvalue weighted by atomic mass is 10.2. The molecule has 3 nitrogen and oxygen atoms in total. The highest BCUT2D eigenvalue weighted by Crippen LogP contribution is 2.32. The molecule has 0 amide bonds. The average Bonchev–Trinajstić information content (AvgIpc) is 2.87. The van der Waals surface area contributed by atoms with Gasteiger partial charge in [-0.1, -0.05) is 20.3 Å². The molecule has 118 valence electrons. The molecule has 2 unspecified atom stereocenters. The Balaban J connectivity index is 2.03. The molecular formula is C16H25NO2S2. The Morgan fingerprint density at radius 2 is 1.90 bits per heavy atom. The number of hydrogen-bond donors (Lipinski definition) is 1. The first-order chi connectivity index (χ1) is 10.1. The Kier molecular flexibility index (Phi) is 5.99. The van der Waals surface area contributed by atoms with Gasteiger partial charge in [0.05, 0.1) is 10.6 Å². The van der Waals surface area contributed by atoms with E-state index in [0.29, 0.717) is 22.6 Å². The lowest BCUT2D eigenvalue weighted by molar-refractivity contribution is 0.594. The van der Waals surface area contributed by atoms with Gasteiger partial charge in [0.15, 0.2) is 9.84 Å². The van der Waals surface area contributed by atoms with Gasteiger partial charge in [0.25, 0.3) is 0 Å². The minimum Gasteiger partial charge on any atom is -0.381 e. The van der Waals surface area contributed by atoms with Crippen LogP contribution in [0.4, 0.5) is 5.69 Å². The number of hydrogen-bond acceptors (Lipinski definition) is 4. The van der Waals surface area contributed by atoms with Crippen molar-refractivity contribution in [3.8, 4) is 0 Å². The molecule has 5 heteroatoms. The van der Waals surface area contributed by atoms with E-state index in [1.807, 2.05) is 30.8 Å². The van der Waals surface area contributed by atoms with Gasteiger partial charge in [-0.2, -0.15) is 11.8 Å². The van der Waals surface area contributed by atoms with E-state index in [1.165, 1.54) is 19.3 Å². The first kappa shape index (κ1) is 16.7. The van der Waals surface area contributed by atoms with Crippen molar-refractivity contribution in [3.05, 3.63) is 24.3 Å². The van der Waals surface area contributed by atoms with E-state index in [2.05, 4.69) is 12.2 Å². The molecule has 1 aromatic carbocycles. The normalized spacial score (nSPS) is 22.4. The predicted octanol–water partition coefficient (Wildman–Crippen LogP) is 3.96. The molecule has 0 radical (unpaired) electrons. The van der Waals surface area contributed by atoms with E-state index >= 15 is 0 Å². The Morgan fingerprint density at radius 3 is 2.52 bits per heavy atom. The number of nitrogens with one attached hydrogen (secondary N) is 1. The summed E-state index contributed by atoms with van der Waals surface area (Å²) in [5.41, 5.74) is 1.03. The van der Waals surface area contributed by atoms with Gasteiger partial charge >= 0.3 is 0 Å². The lowest BCUT2D eigenvalue weighted by Crippen LogP contribution is -2.26. The van der Waals surface area contributed by atoms with Gasteiger partial charge in [-0.05, 0) is 49.3 Å². The Labute approximate surface area is 132 Å². The monoisotopic (exact) mass is 327 g/mol. The first-order valence-corrected chi connectivity index (χ1v) is 10.5. The molecule has 1 aromatic rings. The zero-order valence-electron chi connectivity index (χ0n) is 12.8. The summed E-state index contributed by atoms with van der Waals surface area (Å²) in [6, 6.07) is 7.76. The molecule has 0 aliphatic heterocycles. The maximum atomic E-state index is 12.0. The zero-order chi connectivity index (χ0) is 15.3. The molecule has 0 aromatic heterocycles. The summed E-state index contributed by atoms with van der Waals surface area (Å²) in [5, 5.41) is 4.25. The maximum Gasteiger partial charge on any atom is 0.178 e. The Morgan fingerprint density at radius 1 is 1.19 bits per heavy atom. The molecule has 1 aliphatic rings. The number of thioether (sulfide) groups is 1. The largest absolute Gasteiger partial charge is 0.381 e. The van der Waals surface area contributed by atoms with Gasteiger partial charge in [-0.25, -0.2) is 8.42 Å². The second-order valence-corrected chi connectivity index (χ2v) is 9.14. The van der Waals surface area contributed by atoms with Crippen molar-refractivity contribution in [1.82, 2.24) is 0 Å². The number of sulfone groups is 1. The van der Waals surface area contributed by atoms with Gasteiger partial charge in [-0.15, -0.1) is 0 Å². The molecule has 0 spiro atoms. The van der Waals surface area contributed by atoms with Crippen LogP contribution in [-0.4, -0.2) is 31.2 Å². The maximum absolute atomic E-state index is 12.0. The second-order valence-electron chi connectivity index (χ2n) is 5.52. The molecule has 1 aliphatic carbocycles. The highest BCUT2D eigenvalue weighted by atomic mass is 32.2. The van der Waals surface area contributed by atoms with Gasteiger partial charge in [0.2, 0.25) is 0 Å². The molecule has 2 rings (SSSR count). The van der Waals surface area contributed by atoms with E-state index < -0.39 is 9.84 Å². The van der Waals surface area contributed by atoms with Gasteiger partial charge in [-0.3, -0.25) is 0 Å². The number of benzene rings is 1. The molecule has 0 saturated heterocycles. The Bertz CT molecular complexity index is 540. The fourth-order valence-corrected chi connectivity index (χ4v) is 5.39. The molecule has 2 atom stereocenters. The molecule has 1 saturated carbocycles. The summed E-state index contributed by atoms with van der Waals surface area (Å²) in [7, 11) is -3.11. The van der Waals surface area contributed by atoms with Crippen LogP contribution < -0.4 is 5.32 Å². The standard InChI is InChI=1S/C16H25NO2S2/c1-3-12-21(18,19)14-10-8-13(9-11-14)17-15-6-5-7-16(15)20-4-2/h8-11,15-17H,3-7,12H2,1-2H3. The van der Waals surface area contributed by atoms with Crippen molar-refractivity contribution in [2.45, 2.75) is 55.7 Å². The Hall–Kier alpha value is -0.680. The summed E-state index contributed by atoms with van der Waals surface area (Å²) >= 11 is 2.02. The number of rotatable bonds is 7. The van der Waals surface area contributed by atoms with Crippen molar-refractivity contribution in [2.24, 2.45) is 0 Å². The smallest absolute Gasteiger partial charge is 0.178 e. The van der Waals surface area contributed by atoms with Crippen LogP contribution in [0.5, 0.6) is 0 Å². The van der Waals surface area contributed by atoms with Crippen LogP contribution in [0.15, 0.2) is 29.2 Å². The van der Waals surface area contributed by atoms with E-state index in [4.69, 9.17) is 0 Å². The molecule has 21 heavy (non-hydrogen) atoms. The highest BCUT2D eigenvalue weighted by molar-refractivity contribution is 7.99. The molecule has 1 fully saturated rings. The van der Waals surface area contributed by atoms with E-state index in [1.54, 1.807) is 12.1 Å². The van der Waals surface area contributed by atoms with Crippen molar-refractivity contribution in [2.75, 3.05) is 16.8 Å². The minimum atomic E-state index is -3.11. The fraction of sp³-hybridized carbons (Fsp3) is 0.625. The third-order valence-electron chi connectivity index (χ3n) is 3.87. The van der Waals surface area contributed by atoms with Gasteiger partial charge in [0.1, 0.15) is 0 Å². The van der Waals surface area contributed by atoms with Crippen LogP contribution >= 0.6 is 11.8 Å². The summed E-state index contributed by atoms with van der Waals surface area (Å²) in [6.07, 6.45) is 4.41. The summed E-state index contributed by atoms with van der Waals surface area (Å²) in [6.45, 7) is 4.09. The molecule has 0 heterocycles. The fourth-order valence-electron chi connectivity index (χ4n) is 2.86. The first-order valence-electron chi connectivity index (χ1n) is 7.77. The quantitative estimate of drug-likeness (QED) is 0.823. The predicted molar refractivity (Wildman–Crippen MR) is 92.0 cm³/mol. The highest BCUT2D eigenvalue weighted by Gasteiger charge is 2.26. The van der Waals surface area contributed by atoms with Gasteiger partial charge in [0, 0.05) is 17.0 Å². The molecular weight excluding hydrogens is 302 g/mol. The number of anilines is 1. The topological polar surface area (TPSA) is 46.2 Å². The molecule has 1 N–H and O–H groups in total. The van der Waals surface area contributed by atoms with Crippen molar-refractivity contribution in [1.29, 1.82) is 0 Å². The van der Waals surface area contributed by atoms with Crippen LogP contribution in [0.25, 0.3) is 0 Å². The van der Waals surface area contributed by atoms with Crippen LogP contribution in [0.2, 0.25) is 0 Å². The van der Waals surface area contributed by atoms with Crippen LogP contribution in [0.1, 0.15) is 39.5 Å². The van der Waals surface area contributed by atoms with Crippen LogP contribution in [0.3, 0.4) is 0 Å². The minimum absolute atomic E-state index is 0.220. The van der Waals surface area contributed by atoms with E-state index in [-0.39, 0.29) is 5.75 Å². The van der Waals surface area contributed by atoms with Gasteiger partial charge < -0.3 is 5.32 Å². The van der Waals surface area contributed by atoms with Crippen molar-refractivity contribution < 1.29 is 8.42 Å². The van der Waals surface area contributed by atoms with Crippen LogP contribution in [-0.2, 0) is 9.84 Å². The third-order valence-corrected chi connectivity index (χ3v) is 7.13. The average molecular weight is 328 g/mol. The van der Waals surface area contributed by atoms with E-state index in [0.717, 1.165) is 11.4 Å². The molecule has 0 bridgehead atoms. The van der Waals surface area contributed by atoms with E-state index in [9.17, 15) is 8.42 Å². The third kappa shape index (κ3) is 4.39. The zero-order valence-corrected chi connectivity index (χ0v) is 14.5. The lowest BCUT2D eigenvalue weighted by Gasteiger charge is -2.21. The SMILES string of the molecule is CCCS(=O)(=O)c1ccc(NC2CCCC2SCC)cc1.